The molecule has 0 aliphatic carbocycles. The van der Waals surface area contributed by atoms with Crippen LogP contribution in [0.2, 0.25) is 0 Å². The van der Waals surface area contributed by atoms with E-state index in [1.54, 1.807) is 0 Å². The summed E-state index contributed by atoms with van der Waals surface area (Å²) in [5.74, 6) is -0.444. The number of hydrogen-bond donors (Lipinski definition) is 0. The van der Waals surface area contributed by atoms with Crippen LogP contribution in [0.5, 0.6) is 0 Å². The van der Waals surface area contributed by atoms with Crippen LogP contribution in [0.1, 0.15) is 0 Å². The molecule has 1 atom stereocenters. The summed E-state index contributed by atoms with van der Waals surface area (Å²) in [4.78, 5) is 0. The fourth-order valence-corrected chi connectivity index (χ4v) is 0.516. The predicted molar refractivity (Wildman–Crippen MR) is 32.6 cm³/mol. The monoisotopic (exact) mass is 230 g/mol. The van der Waals surface area contributed by atoms with E-state index in [2.05, 4.69) is 4.74 Å². The molecule has 0 bridgehead atoms. The molecular formula is C5H5ClF6O. The highest BCUT2D eigenvalue weighted by atomic mass is 35.5. The van der Waals surface area contributed by atoms with Gasteiger partial charge in [0.15, 0.2) is 0 Å². The Labute approximate surface area is 74.6 Å². The van der Waals surface area contributed by atoms with E-state index in [9.17, 15) is 26.3 Å². The van der Waals surface area contributed by atoms with Crippen LogP contribution in [0.25, 0.3) is 0 Å². The number of rotatable bonds is 4. The molecule has 0 N–H and O–H groups in total. The molecule has 0 aliphatic rings. The summed E-state index contributed by atoms with van der Waals surface area (Å²) in [7, 11) is 0. The Balaban J connectivity index is 4.27. The van der Waals surface area contributed by atoms with Crippen molar-refractivity contribution >= 4 is 11.6 Å². The molecule has 0 saturated carbocycles. The van der Waals surface area contributed by atoms with Crippen molar-refractivity contribution in [3.63, 3.8) is 0 Å². The zero-order valence-corrected chi connectivity index (χ0v) is 6.80. The van der Waals surface area contributed by atoms with Crippen molar-refractivity contribution in [2.45, 2.75) is 18.5 Å². The lowest BCUT2D eigenvalue weighted by molar-refractivity contribution is -0.333. The Bertz CT molecular complexity index is 158. The minimum absolute atomic E-state index is 0.444. The van der Waals surface area contributed by atoms with Crippen LogP contribution in [0, 0.1) is 0 Å². The van der Waals surface area contributed by atoms with Gasteiger partial charge in [0.2, 0.25) is 0 Å². The highest BCUT2D eigenvalue weighted by molar-refractivity contribution is 6.17. The van der Waals surface area contributed by atoms with Gasteiger partial charge in [0.1, 0.15) is 0 Å². The molecule has 0 radical (unpaired) electrons. The molecule has 1 nitrogen and oxygen atoms in total. The molecule has 0 aromatic carbocycles. The molecule has 0 aromatic rings. The van der Waals surface area contributed by atoms with E-state index in [4.69, 9.17) is 11.6 Å². The number of hydrogen-bond acceptors (Lipinski definition) is 1. The molecule has 0 heterocycles. The van der Waals surface area contributed by atoms with E-state index in [-0.39, 0.29) is 0 Å². The van der Waals surface area contributed by atoms with E-state index in [1.165, 1.54) is 0 Å². The highest BCUT2D eigenvalue weighted by Gasteiger charge is 2.58. The molecule has 0 aliphatic heterocycles. The first kappa shape index (κ1) is 12.8. The van der Waals surface area contributed by atoms with E-state index in [0.29, 0.717) is 0 Å². The first-order valence-corrected chi connectivity index (χ1v) is 3.54. The highest BCUT2D eigenvalue weighted by Crippen LogP contribution is 2.35. The van der Waals surface area contributed by atoms with Crippen LogP contribution < -0.4 is 0 Å². The molecule has 0 aromatic heterocycles. The van der Waals surface area contributed by atoms with Gasteiger partial charge in [-0.05, 0) is 0 Å². The van der Waals surface area contributed by atoms with Gasteiger partial charge in [0.05, 0.1) is 6.61 Å². The van der Waals surface area contributed by atoms with Crippen LogP contribution in [-0.2, 0) is 4.74 Å². The fraction of sp³-hybridized carbons (Fsp3) is 1.00. The molecular weight excluding hydrogens is 225 g/mol. The van der Waals surface area contributed by atoms with Gasteiger partial charge in [-0.2, -0.15) is 22.0 Å². The van der Waals surface area contributed by atoms with Crippen molar-refractivity contribution in [3.05, 3.63) is 0 Å². The third-order valence-electron chi connectivity index (χ3n) is 0.954. The molecule has 13 heavy (non-hydrogen) atoms. The Morgan fingerprint density at radius 2 is 1.62 bits per heavy atom. The maximum atomic E-state index is 12.1. The number of ether oxygens (including phenoxy) is 1. The zero-order valence-electron chi connectivity index (χ0n) is 6.05. The van der Waals surface area contributed by atoms with Crippen LogP contribution >= 0.6 is 11.6 Å². The van der Waals surface area contributed by atoms with Gasteiger partial charge in [-0.25, -0.2) is 4.39 Å². The molecule has 0 unspecified atom stereocenters. The second-order valence-corrected chi connectivity index (χ2v) is 2.38. The SMILES string of the molecule is F[C@H](C(F)(F)F)C(F)(F)OCCCl. The lowest BCUT2D eigenvalue weighted by atomic mass is 10.3. The zero-order chi connectivity index (χ0) is 10.7. The van der Waals surface area contributed by atoms with Gasteiger partial charge in [0.25, 0.3) is 6.17 Å². The molecule has 0 amide bonds. The average molecular weight is 231 g/mol. The fourth-order valence-electron chi connectivity index (χ4n) is 0.438. The minimum Gasteiger partial charge on any atom is -0.317 e. The van der Waals surface area contributed by atoms with Crippen LogP contribution in [0.15, 0.2) is 0 Å². The van der Waals surface area contributed by atoms with Crippen LogP contribution in [0.4, 0.5) is 26.3 Å². The van der Waals surface area contributed by atoms with Crippen LogP contribution in [0.3, 0.4) is 0 Å². The smallest absolute Gasteiger partial charge is 0.317 e. The van der Waals surface area contributed by atoms with Crippen molar-refractivity contribution in [1.82, 2.24) is 0 Å². The van der Waals surface area contributed by atoms with Crippen molar-refractivity contribution in [2.75, 3.05) is 12.5 Å². The normalized spacial score (nSPS) is 15.9. The standard InChI is InChI=1S/C5H5ClF6O/c6-1-2-13-5(11,12)3(7)4(8,9)10/h3H,1-2H2/t3-/m1/s1. The average Bonchev–Trinajstić information content (AvgIpc) is 1.98. The third kappa shape index (κ3) is 4.04. The lowest BCUT2D eigenvalue weighted by Gasteiger charge is -2.21. The second-order valence-electron chi connectivity index (χ2n) is 2.00. The maximum absolute atomic E-state index is 12.1. The van der Waals surface area contributed by atoms with E-state index in [0.717, 1.165) is 0 Å². The number of alkyl halides is 7. The summed E-state index contributed by atoms with van der Waals surface area (Å²) in [5, 5.41) is 0. The van der Waals surface area contributed by atoms with Crippen LogP contribution in [-0.4, -0.2) is 30.9 Å². The van der Waals surface area contributed by atoms with Gasteiger partial charge >= 0.3 is 12.3 Å². The molecule has 0 spiro atoms. The Hall–Kier alpha value is -0.170. The van der Waals surface area contributed by atoms with Crippen molar-refractivity contribution in [2.24, 2.45) is 0 Å². The molecule has 8 heteroatoms. The summed E-state index contributed by atoms with van der Waals surface area (Å²) in [6.45, 7) is -0.856. The van der Waals surface area contributed by atoms with Gasteiger partial charge in [-0.1, -0.05) is 0 Å². The predicted octanol–water partition coefficient (Wildman–Crippen LogP) is 2.74. The summed E-state index contributed by atoms with van der Waals surface area (Å²) in [5.41, 5.74) is 0. The largest absolute Gasteiger partial charge is 0.428 e. The third-order valence-corrected chi connectivity index (χ3v) is 1.11. The molecule has 0 rings (SSSR count). The lowest BCUT2D eigenvalue weighted by Crippen LogP contribution is -2.43. The topological polar surface area (TPSA) is 9.23 Å². The summed E-state index contributed by atoms with van der Waals surface area (Å²) >= 11 is 4.86. The first-order valence-electron chi connectivity index (χ1n) is 3.00. The molecule has 0 fully saturated rings. The number of halogens is 7. The summed E-state index contributed by atoms with van der Waals surface area (Å²) in [6.07, 6.45) is -14.9. The summed E-state index contributed by atoms with van der Waals surface area (Å²) in [6, 6.07) is 0. The van der Waals surface area contributed by atoms with Gasteiger partial charge < -0.3 is 4.74 Å². The Kier molecular flexibility index (Phi) is 4.31. The van der Waals surface area contributed by atoms with Crippen molar-refractivity contribution < 1.29 is 31.1 Å². The van der Waals surface area contributed by atoms with Gasteiger partial charge in [-0.15, -0.1) is 11.6 Å². The molecule has 0 saturated heterocycles. The van der Waals surface area contributed by atoms with E-state index in [1.807, 2.05) is 0 Å². The quantitative estimate of drug-likeness (QED) is 0.533. The first-order chi connectivity index (χ1) is 5.72. The van der Waals surface area contributed by atoms with Gasteiger partial charge in [0, 0.05) is 5.88 Å². The maximum Gasteiger partial charge on any atom is 0.428 e. The van der Waals surface area contributed by atoms with Crippen molar-refractivity contribution in [1.29, 1.82) is 0 Å². The Morgan fingerprint density at radius 3 is 1.92 bits per heavy atom. The van der Waals surface area contributed by atoms with E-state index >= 15 is 0 Å². The second kappa shape index (κ2) is 4.36. The Morgan fingerprint density at radius 1 is 1.15 bits per heavy atom. The van der Waals surface area contributed by atoms with Crippen molar-refractivity contribution in [3.8, 4) is 0 Å². The summed E-state index contributed by atoms with van der Waals surface area (Å²) < 4.78 is 73.7. The van der Waals surface area contributed by atoms with Gasteiger partial charge in [-0.3, -0.25) is 0 Å². The molecule has 80 valence electrons. The van der Waals surface area contributed by atoms with E-state index < -0.39 is 30.9 Å². The minimum atomic E-state index is -5.64.